The molecule has 0 aromatic heterocycles. The fourth-order valence-corrected chi connectivity index (χ4v) is 3.04. The third-order valence-corrected chi connectivity index (χ3v) is 4.15. The van der Waals surface area contributed by atoms with E-state index in [9.17, 15) is 9.18 Å². The van der Waals surface area contributed by atoms with Crippen LogP contribution in [0.1, 0.15) is 34.1 Å². The highest BCUT2D eigenvalue weighted by Gasteiger charge is 2.61. The van der Waals surface area contributed by atoms with Gasteiger partial charge in [-0.15, -0.1) is 11.6 Å². The van der Waals surface area contributed by atoms with Crippen LogP contribution >= 0.6 is 11.6 Å². The second-order valence-electron chi connectivity index (χ2n) is 6.63. The Bertz CT molecular complexity index is 418. The molecule has 0 N–H and O–H groups in total. The highest BCUT2D eigenvalue weighted by molar-refractivity contribution is 6.19. The summed E-state index contributed by atoms with van der Waals surface area (Å²) < 4.78 is 19.4. The van der Waals surface area contributed by atoms with Crippen LogP contribution in [-0.2, 0) is 9.53 Å². The summed E-state index contributed by atoms with van der Waals surface area (Å²) in [5.41, 5.74) is -0.340. The second kappa shape index (κ2) is 4.74. The minimum atomic E-state index is -1.00. The number of esters is 1. The molecule has 108 valence electrons. The van der Waals surface area contributed by atoms with Crippen LogP contribution in [0.5, 0.6) is 0 Å². The van der Waals surface area contributed by atoms with Crippen molar-refractivity contribution < 1.29 is 13.9 Å². The monoisotopic (exact) mass is 289 g/mol. The van der Waals surface area contributed by atoms with Crippen LogP contribution in [0.25, 0.3) is 0 Å². The smallest absolute Gasteiger partial charge is 0.332 e. The van der Waals surface area contributed by atoms with Gasteiger partial charge in [0, 0.05) is 24.3 Å². The molecule has 2 saturated heterocycles. The van der Waals surface area contributed by atoms with E-state index in [2.05, 4.69) is 0 Å². The lowest BCUT2D eigenvalue weighted by Gasteiger charge is -2.34. The summed E-state index contributed by atoms with van der Waals surface area (Å²) in [6.45, 7) is 8.06. The van der Waals surface area contributed by atoms with Gasteiger partial charge in [-0.1, -0.05) is 32.4 Å². The molecule has 2 fully saturated rings. The Balaban J connectivity index is 2.42. The number of hydrogen-bond acceptors (Lipinski definition) is 3. The standard InChI is InChI=1S/C14H21ClFNO2/c1-9(7-15)5-14-6-10(16)8-17(14)11(13(2,3)4)19-12(14)18/h5,10-11H,6-8H2,1-4H3/t10-,11-,14-/m1/s1. The topological polar surface area (TPSA) is 29.5 Å². The number of allylic oxidation sites excluding steroid dienone is 1. The predicted octanol–water partition coefficient (Wildman–Crippen LogP) is 2.88. The van der Waals surface area contributed by atoms with Crippen LogP contribution in [0.2, 0.25) is 0 Å². The molecule has 3 atom stereocenters. The normalized spacial score (nSPS) is 36.5. The molecule has 0 unspecified atom stereocenters. The number of fused-ring (bicyclic) bond motifs is 1. The van der Waals surface area contributed by atoms with Crippen LogP contribution in [0.3, 0.4) is 0 Å². The molecular formula is C14H21ClFNO2. The number of carbonyl (C=O) groups excluding carboxylic acids is 1. The lowest BCUT2D eigenvalue weighted by Crippen LogP contribution is -2.48. The van der Waals surface area contributed by atoms with E-state index in [-0.39, 0.29) is 30.6 Å². The van der Waals surface area contributed by atoms with E-state index < -0.39 is 11.7 Å². The second-order valence-corrected chi connectivity index (χ2v) is 6.89. The Kier molecular flexibility index (Phi) is 3.69. The zero-order valence-electron chi connectivity index (χ0n) is 11.9. The van der Waals surface area contributed by atoms with Gasteiger partial charge in [0.05, 0.1) is 0 Å². The number of cyclic esters (lactones) is 1. The van der Waals surface area contributed by atoms with Crippen LogP contribution in [0.15, 0.2) is 11.6 Å². The van der Waals surface area contributed by atoms with Crippen molar-refractivity contribution >= 4 is 17.6 Å². The average molecular weight is 290 g/mol. The fraction of sp³-hybridized carbons (Fsp3) is 0.786. The molecule has 19 heavy (non-hydrogen) atoms. The van der Waals surface area contributed by atoms with Crippen molar-refractivity contribution in [2.75, 3.05) is 12.4 Å². The molecule has 0 spiro atoms. The summed E-state index contributed by atoms with van der Waals surface area (Å²) in [5.74, 6) is -0.0166. The first-order valence-electron chi connectivity index (χ1n) is 6.57. The number of hydrogen-bond donors (Lipinski definition) is 0. The molecule has 2 rings (SSSR count). The minimum Gasteiger partial charge on any atom is -0.444 e. The maximum absolute atomic E-state index is 13.9. The van der Waals surface area contributed by atoms with E-state index in [1.54, 1.807) is 6.08 Å². The summed E-state index contributed by atoms with van der Waals surface area (Å²) >= 11 is 5.80. The molecule has 5 heteroatoms. The summed E-state index contributed by atoms with van der Waals surface area (Å²) in [6, 6.07) is 0. The number of halogens is 2. The van der Waals surface area contributed by atoms with Crippen LogP contribution in [-0.4, -0.2) is 41.2 Å². The molecule has 0 aromatic rings. The lowest BCUT2D eigenvalue weighted by atomic mass is 9.90. The van der Waals surface area contributed by atoms with Gasteiger partial charge in [-0.05, 0) is 6.92 Å². The Morgan fingerprint density at radius 2 is 2.26 bits per heavy atom. The van der Waals surface area contributed by atoms with E-state index in [0.29, 0.717) is 5.88 Å². The van der Waals surface area contributed by atoms with Gasteiger partial charge in [0.25, 0.3) is 0 Å². The third kappa shape index (κ3) is 2.40. The number of ether oxygens (including phenoxy) is 1. The van der Waals surface area contributed by atoms with Gasteiger partial charge in [-0.2, -0.15) is 0 Å². The number of nitrogens with zero attached hydrogens (tertiary/aromatic N) is 1. The summed E-state index contributed by atoms with van der Waals surface area (Å²) in [4.78, 5) is 14.2. The van der Waals surface area contributed by atoms with Crippen molar-refractivity contribution in [1.29, 1.82) is 0 Å². The van der Waals surface area contributed by atoms with E-state index >= 15 is 0 Å². The van der Waals surface area contributed by atoms with Crippen molar-refractivity contribution in [3.8, 4) is 0 Å². The van der Waals surface area contributed by atoms with Gasteiger partial charge in [-0.3, -0.25) is 0 Å². The molecule has 0 bridgehead atoms. The molecule has 2 heterocycles. The zero-order valence-corrected chi connectivity index (χ0v) is 12.6. The SMILES string of the molecule is CC(=C[C@]12C[C@@H](F)CN1[C@@H](C(C)(C)C)OC2=O)CCl. The number of rotatable bonds is 2. The van der Waals surface area contributed by atoms with Crippen molar-refractivity contribution in [2.24, 2.45) is 5.41 Å². The van der Waals surface area contributed by atoms with Gasteiger partial charge in [0.15, 0.2) is 6.23 Å². The zero-order chi connectivity index (χ0) is 14.4. The van der Waals surface area contributed by atoms with Crippen molar-refractivity contribution in [3.05, 3.63) is 11.6 Å². The highest BCUT2D eigenvalue weighted by Crippen LogP contribution is 2.46. The first-order valence-corrected chi connectivity index (χ1v) is 7.10. The van der Waals surface area contributed by atoms with Crippen LogP contribution in [0.4, 0.5) is 4.39 Å². The minimum absolute atomic E-state index is 0.159. The van der Waals surface area contributed by atoms with Gasteiger partial charge >= 0.3 is 5.97 Å². The first-order chi connectivity index (χ1) is 8.70. The van der Waals surface area contributed by atoms with Gasteiger partial charge in [0.1, 0.15) is 11.7 Å². The van der Waals surface area contributed by atoms with E-state index in [0.717, 1.165) is 5.57 Å². The molecule has 2 aliphatic heterocycles. The molecule has 0 aromatic carbocycles. The van der Waals surface area contributed by atoms with Gasteiger partial charge < -0.3 is 4.74 Å². The predicted molar refractivity (Wildman–Crippen MR) is 72.8 cm³/mol. The van der Waals surface area contributed by atoms with Gasteiger partial charge in [-0.25, -0.2) is 14.1 Å². The molecular weight excluding hydrogens is 269 g/mol. The summed E-state index contributed by atoms with van der Waals surface area (Å²) in [6.07, 6.45) is 0.553. The van der Waals surface area contributed by atoms with Crippen molar-refractivity contribution in [3.63, 3.8) is 0 Å². The average Bonchev–Trinajstić information content (AvgIpc) is 2.72. The summed E-state index contributed by atoms with van der Waals surface area (Å²) in [7, 11) is 0. The van der Waals surface area contributed by atoms with E-state index in [1.807, 2.05) is 32.6 Å². The Labute approximate surface area is 118 Å². The molecule has 0 amide bonds. The highest BCUT2D eigenvalue weighted by atomic mass is 35.5. The molecule has 2 aliphatic rings. The van der Waals surface area contributed by atoms with Crippen molar-refractivity contribution in [2.45, 2.75) is 52.1 Å². The lowest BCUT2D eigenvalue weighted by molar-refractivity contribution is -0.149. The van der Waals surface area contributed by atoms with Crippen molar-refractivity contribution in [1.82, 2.24) is 4.90 Å². The van der Waals surface area contributed by atoms with Gasteiger partial charge in [0.2, 0.25) is 0 Å². The maximum Gasteiger partial charge on any atom is 0.332 e. The fourth-order valence-electron chi connectivity index (χ4n) is 2.96. The Hall–Kier alpha value is -0.610. The number of alkyl halides is 2. The molecule has 3 nitrogen and oxygen atoms in total. The largest absolute Gasteiger partial charge is 0.444 e. The molecule has 0 radical (unpaired) electrons. The third-order valence-electron chi connectivity index (χ3n) is 3.73. The van der Waals surface area contributed by atoms with Crippen LogP contribution in [0, 0.1) is 5.41 Å². The Morgan fingerprint density at radius 3 is 2.79 bits per heavy atom. The number of carbonyl (C=O) groups is 1. The molecule has 0 saturated carbocycles. The maximum atomic E-state index is 13.9. The first kappa shape index (κ1) is 14.8. The summed E-state index contributed by atoms with van der Waals surface area (Å²) in [5, 5.41) is 0. The Morgan fingerprint density at radius 1 is 1.63 bits per heavy atom. The van der Waals surface area contributed by atoms with E-state index in [1.165, 1.54) is 0 Å². The quantitative estimate of drug-likeness (QED) is 0.445. The molecule has 0 aliphatic carbocycles. The van der Waals surface area contributed by atoms with E-state index in [4.69, 9.17) is 16.3 Å². The van der Waals surface area contributed by atoms with Crippen LogP contribution < -0.4 is 0 Å².